The summed E-state index contributed by atoms with van der Waals surface area (Å²) in [5.41, 5.74) is 13.4. The van der Waals surface area contributed by atoms with Crippen LogP contribution in [0.25, 0.3) is 50.1 Å². The Morgan fingerprint density at radius 3 is 1.88 bits per heavy atom. The van der Waals surface area contributed by atoms with Crippen molar-refractivity contribution in [2.45, 2.75) is 138 Å². The van der Waals surface area contributed by atoms with E-state index in [1.165, 1.54) is 39.2 Å². The topological polar surface area (TPSA) is 35.9 Å². The van der Waals surface area contributed by atoms with E-state index in [2.05, 4.69) is 233 Å². The molecule has 3 heterocycles. The third kappa shape index (κ3) is 9.28. The van der Waals surface area contributed by atoms with Crippen LogP contribution in [0.1, 0.15) is 155 Å². The van der Waals surface area contributed by atoms with Crippen molar-refractivity contribution in [3.8, 4) is 39.8 Å². The van der Waals surface area contributed by atoms with Gasteiger partial charge in [0.05, 0.1) is 17.1 Å². The van der Waals surface area contributed by atoms with E-state index in [0.717, 1.165) is 44.6 Å². The molecule has 8 rings (SSSR count). The van der Waals surface area contributed by atoms with Gasteiger partial charge in [-0.15, -0.1) is 29.7 Å². The van der Waals surface area contributed by atoms with E-state index in [0.29, 0.717) is 29.3 Å². The van der Waals surface area contributed by atoms with E-state index >= 15 is 0 Å². The van der Waals surface area contributed by atoms with Crippen LogP contribution in [0.4, 0.5) is 0 Å². The maximum atomic E-state index is 6.88. The fraction of sp³-hybridized carbons (Fsp3) is 0.356. The quantitative estimate of drug-likeness (QED) is 0.107. The first-order valence-corrected chi connectivity index (χ1v) is 23.1. The Balaban J connectivity index is 0.00000630. The molecule has 0 fully saturated rings. The average Bonchev–Trinajstić information content (AvgIpc) is 3.81. The van der Waals surface area contributed by atoms with Crippen molar-refractivity contribution in [2.75, 3.05) is 0 Å². The number of aromatic nitrogens is 4. The van der Waals surface area contributed by atoms with Crippen LogP contribution in [-0.4, -0.2) is 14.1 Å². The van der Waals surface area contributed by atoms with Crippen LogP contribution >= 0.6 is 0 Å². The molecule has 0 saturated heterocycles. The maximum Gasteiger partial charge on any atom is 0.267 e. The number of ether oxygens (including phenoxy) is 1. The van der Waals surface area contributed by atoms with Gasteiger partial charge in [0.15, 0.2) is 0 Å². The van der Waals surface area contributed by atoms with Crippen LogP contribution < -0.4 is 9.30 Å². The molecule has 0 atom stereocenters. The summed E-state index contributed by atoms with van der Waals surface area (Å²) in [6.07, 6.45) is 5.80. The molecule has 5 aromatic carbocycles. The van der Waals surface area contributed by atoms with Gasteiger partial charge in [0.25, 0.3) is 6.33 Å². The molecule has 0 aliphatic heterocycles. The summed E-state index contributed by atoms with van der Waals surface area (Å²) in [6, 6.07) is 44.7. The van der Waals surface area contributed by atoms with Gasteiger partial charge in [-0.1, -0.05) is 158 Å². The molecule has 0 saturated carbocycles. The van der Waals surface area contributed by atoms with E-state index in [-0.39, 0.29) is 37.3 Å². The summed E-state index contributed by atoms with van der Waals surface area (Å²) in [6.45, 7) is 34.1. The minimum absolute atomic E-state index is 0. The minimum atomic E-state index is -0.244. The number of pyridine rings is 1. The van der Waals surface area contributed by atoms with Crippen molar-refractivity contribution in [3.63, 3.8) is 0 Å². The average molecular weight is 1040 g/mol. The predicted octanol–water partition coefficient (Wildman–Crippen LogP) is 15.4. The Kier molecular flexibility index (Phi) is 13.1. The number of rotatable bonds is 9. The largest absolute Gasteiger partial charge is 0.510 e. The molecular formula is C59H66N4OPt-2. The Labute approximate surface area is 403 Å². The van der Waals surface area contributed by atoms with Gasteiger partial charge in [-0.05, 0) is 103 Å². The van der Waals surface area contributed by atoms with Crippen LogP contribution in [0.3, 0.4) is 0 Å². The molecule has 0 amide bonds. The standard InChI is InChI=1S/C59H66N4O.Pt/c1-37(2)41-29-30-60-53(31-41)63-51-22-17-16-19-49(51)50-28-27-45(35-52(50)63)64-46-33-42(57(7,8)9)32-44(34-46)62-36-61(55(58(10,11)12)56(62)59(13,14)15)43-25-23-40(24-26-43)54-47(38(3)4)20-18-21-48(54)39(5)6;/h16-33,37-39H,1-15H3;/q-2;. The van der Waals surface area contributed by atoms with Gasteiger partial charge in [0.1, 0.15) is 5.82 Å². The van der Waals surface area contributed by atoms with Crippen molar-refractivity contribution in [3.05, 3.63) is 161 Å². The number of hydrogen-bond donors (Lipinski definition) is 0. The second-order valence-electron chi connectivity index (χ2n) is 21.6. The van der Waals surface area contributed by atoms with Crippen LogP contribution in [-0.2, 0) is 37.3 Å². The molecule has 3 aromatic heterocycles. The number of fused-ring (bicyclic) bond motifs is 3. The van der Waals surface area contributed by atoms with Crippen molar-refractivity contribution in [1.29, 1.82) is 0 Å². The number of nitrogens with zero attached hydrogens (tertiary/aromatic N) is 4. The van der Waals surface area contributed by atoms with Crippen LogP contribution in [0.5, 0.6) is 11.5 Å². The minimum Gasteiger partial charge on any atom is -0.510 e. The molecule has 5 nitrogen and oxygen atoms in total. The third-order valence-electron chi connectivity index (χ3n) is 12.5. The Morgan fingerprint density at radius 1 is 0.615 bits per heavy atom. The molecule has 340 valence electrons. The van der Waals surface area contributed by atoms with E-state index in [9.17, 15) is 0 Å². The third-order valence-corrected chi connectivity index (χ3v) is 12.5. The first-order chi connectivity index (χ1) is 30.1. The zero-order chi connectivity index (χ0) is 46.0. The van der Waals surface area contributed by atoms with E-state index in [1.807, 2.05) is 12.3 Å². The van der Waals surface area contributed by atoms with Gasteiger partial charge in [0, 0.05) is 44.3 Å². The molecule has 0 spiro atoms. The Hall–Kier alpha value is -5.25. The predicted molar refractivity (Wildman–Crippen MR) is 266 cm³/mol. The van der Waals surface area contributed by atoms with Crippen molar-refractivity contribution >= 4 is 21.8 Å². The number of para-hydroxylation sites is 1. The van der Waals surface area contributed by atoms with Gasteiger partial charge in [-0.2, -0.15) is 17.7 Å². The second-order valence-corrected chi connectivity index (χ2v) is 21.6. The van der Waals surface area contributed by atoms with Crippen molar-refractivity contribution in [2.24, 2.45) is 0 Å². The molecule has 0 N–H and O–H groups in total. The summed E-state index contributed by atoms with van der Waals surface area (Å²) in [5, 5.41) is 2.25. The van der Waals surface area contributed by atoms with Gasteiger partial charge >= 0.3 is 0 Å². The van der Waals surface area contributed by atoms with E-state index < -0.39 is 0 Å². The summed E-state index contributed by atoms with van der Waals surface area (Å²) in [4.78, 5) is 4.86. The van der Waals surface area contributed by atoms with Crippen LogP contribution in [0.15, 0.2) is 109 Å². The van der Waals surface area contributed by atoms with E-state index in [4.69, 9.17) is 9.72 Å². The molecule has 0 radical (unpaired) electrons. The molecule has 0 aliphatic rings. The molecule has 6 heteroatoms. The molecular weight excluding hydrogens is 976 g/mol. The fourth-order valence-corrected chi connectivity index (χ4v) is 9.16. The summed E-state index contributed by atoms with van der Waals surface area (Å²) in [5.74, 6) is 3.31. The molecule has 0 aliphatic carbocycles. The van der Waals surface area contributed by atoms with Gasteiger partial charge < -0.3 is 13.9 Å². The SMILES string of the molecule is CC(C)c1ccnc(-n2c3[c-]c(Oc4[c-]c(-n5[c-][n+](-c6ccc(-c7c(C(C)C)cccc7C(C)C)cc6)c(C(C)(C)C)c5C(C)(C)C)cc(C(C)(C)C)c4)ccc3c3ccccc32)c1.[Pt]. The summed E-state index contributed by atoms with van der Waals surface area (Å²) in [7, 11) is 0. The van der Waals surface area contributed by atoms with Crippen LogP contribution in [0.2, 0.25) is 0 Å². The number of hydrogen-bond acceptors (Lipinski definition) is 2. The Bertz CT molecular complexity index is 2970. The van der Waals surface area contributed by atoms with Crippen molar-refractivity contribution in [1.82, 2.24) is 14.1 Å². The molecule has 0 unspecified atom stereocenters. The summed E-state index contributed by atoms with van der Waals surface area (Å²) < 4.78 is 13.6. The number of benzene rings is 5. The molecule has 0 bridgehead atoms. The second kappa shape index (κ2) is 17.9. The first-order valence-electron chi connectivity index (χ1n) is 23.1. The smallest absolute Gasteiger partial charge is 0.267 e. The normalized spacial score (nSPS) is 12.5. The zero-order valence-electron chi connectivity index (χ0n) is 41.1. The maximum absolute atomic E-state index is 6.88. The van der Waals surface area contributed by atoms with Crippen molar-refractivity contribution < 1.29 is 30.4 Å². The van der Waals surface area contributed by atoms with Gasteiger partial charge in [-0.25, -0.2) is 4.98 Å². The first kappa shape index (κ1) is 47.7. The number of imidazole rings is 1. The summed E-state index contributed by atoms with van der Waals surface area (Å²) >= 11 is 0. The Morgan fingerprint density at radius 2 is 1.28 bits per heavy atom. The molecule has 65 heavy (non-hydrogen) atoms. The molecule has 8 aromatic rings. The monoisotopic (exact) mass is 1040 g/mol. The fourth-order valence-electron chi connectivity index (χ4n) is 9.16. The van der Waals surface area contributed by atoms with Gasteiger partial charge in [-0.3, -0.25) is 4.57 Å². The van der Waals surface area contributed by atoms with Crippen LogP contribution in [0, 0.1) is 18.5 Å². The van der Waals surface area contributed by atoms with Gasteiger partial charge in [0.2, 0.25) is 0 Å². The van der Waals surface area contributed by atoms with E-state index in [1.54, 1.807) is 0 Å². The zero-order valence-corrected chi connectivity index (χ0v) is 43.4.